The first kappa shape index (κ1) is 28.5. The Morgan fingerprint density at radius 3 is 2.33 bits per heavy atom. The summed E-state index contributed by atoms with van der Waals surface area (Å²) < 4.78 is 32.5. The first-order valence-electron chi connectivity index (χ1n) is 13.1. The summed E-state index contributed by atoms with van der Waals surface area (Å²) in [6, 6.07) is 21.1. The summed E-state index contributed by atoms with van der Waals surface area (Å²) in [5, 5.41) is 3.37. The van der Waals surface area contributed by atoms with Gasteiger partial charge in [-0.1, -0.05) is 35.9 Å². The Balaban J connectivity index is 1.10. The molecule has 0 unspecified atom stereocenters. The summed E-state index contributed by atoms with van der Waals surface area (Å²) >= 11 is 7.55. The molecule has 3 aromatic rings. The minimum atomic E-state index is -3.46. The van der Waals surface area contributed by atoms with Crippen molar-refractivity contribution >= 4 is 45.2 Å². The molecule has 2 heterocycles. The quantitative estimate of drug-likeness (QED) is 0.339. The Bertz CT molecular complexity index is 1440. The van der Waals surface area contributed by atoms with E-state index in [2.05, 4.69) is 5.32 Å². The van der Waals surface area contributed by atoms with Gasteiger partial charge in [-0.2, -0.15) is 4.31 Å². The van der Waals surface area contributed by atoms with Crippen LogP contribution in [0, 0.1) is 0 Å². The van der Waals surface area contributed by atoms with Crippen LogP contribution >= 0.6 is 23.4 Å². The van der Waals surface area contributed by atoms with E-state index in [0.717, 1.165) is 24.0 Å². The number of nitrogens with zero attached hydrogens (tertiary/aromatic N) is 2. The molecule has 2 aliphatic rings. The van der Waals surface area contributed by atoms with Gasteiger partial charge < -0.3 is 15.0 Å². The van der Waals surface area contributed by atoms with Crippen LogP contribution in [-0.4, -0.2) is 61.4 Å². The second-order valence-corrected chi connectivity index (χ2v) is 13.1. The summed E-state index contributed by atoms with van der Waals surface area (Å²) in [5.74, 6) is 0.799. The molecular weight excluding hydrogens is 570 g/mol. The molecule has 0 aliphatic carbocycles. The maximum atomic E-state index is 12.6. The van der Waals surface area contributed by atoms with Crippen molar-refractivity contribution < 1.29 is 22.7 Å². The minimum absolute atomic E-state index is 0.0784. The molecule has 1 atom stereocenters. The van der Waals surface area contributed by atoms with E-state index >= 15 is 0 Å². The van der Waals surface area contributed by atoms with Crippen LogP contribution in [-0.2, 0) is 21.4 Å². The van der Waals surface area contributed by atoms with Gasteiger partial charge in [-0.15, -0.1) is 11.8 Å². The molecule has 2 aliphatic heterocycles. The molecule has 0 saturated carbocycles. The number of nitrogens with one attached hydrogen (secondary N) is 1. The third-order valence-corrected chi connectivity index (χ3v) is 10.3. The number of ether oxygens (including phenoxy) is 1. The lowest BCUT2D eigenvalue weighted by atomic mass is 10.1. The number of hydrogen-bond acceptors (Lipinski definition) is 6. The molecule has 0 radical (unpaired) electrons. The summed E-state index contributed by atoms with van der Waals surface area (Å²) in [7, 11) is -3.46. The van der Waals surface area contributed by atoms with Crippen LogP contribution in [0.25, 0.3) is 0 Å². The Kier molecular flexibility index (Phi) is 9.00. The molecule has 0 bridgehead atoms. The van der Waals surface area contributed by atoms with Crippen molar-refractivity contribution in [3.63, 3.8) is 0 Å². The zero-order chi connectivity index (χ0) is 28.1. The zero-order valence-electron chi connectivity index (χ0n) is 21.8. The highest BCUT2D eigenvalue weighted by Crippen LogP contribution is 2.39. The van der Waals surface area contributed by atoms with Gasteiger partial charge in [0.15, 0.2) is 0 Å². The lowest BCUT2D eigenvalue weighted by Crippen LogP contribution is -2.29. The number of carbonyl (C=O) groups is 2. The average Bonchev–Trinajstić information content (AvgIpc) is 3.64. The van der Waals surface area contributed by atoms with Gasteiger partial charge in [0.1, 0.15) is 17.7 Å². The van der Waals surface area contributed by atoms with Gasteiger partial charge in [-0.05, 0) is 72.5 Å². The fourth-order valence-electron chi connectivity index (χ4n) is 4.71. The third-order valence-electron chi connectivity index (χ3n) is 6.88. The molecular formula is C29H30ClN3O5S2. The lowest BCUT2D eigenvalue weighted by molar-refractivity contribution is -0.128. The highest BCUT2D eigenvalue weighted by atomic mass is 35.5. The van der Waals surface area contributed by atoms with Crippen molar-refractivity contribution in [3.8, 4) is 5.75 Å². The molecule has 2 saturated heterocycles. The smallest absolute Gasteiger partial charge is 0.251 e. The number of rotatable bonds is 10. The molecule has 11 heteroatoms. The van der Waals surface area contributed by atoms with E-state index in [1.54, 1.807) is 48.2 Å². The van der Waals surface area contributed by atoms with Crippen LogP contribution in [0.4, 0.5) is 0 Å². The Morgan fingerprint density at radius 1 is 0.975 bits per heavy atom. The number of thioether (sulfide) groups is 1. The zero-order valence-corrected chi connectivity index (χ0v) is 24.2. The van der Waals surface area contributed by atoms with E-state index in [-0.39, 0.29) is 35.2 Å². The van der Waals surface area contributed by atoms with E-state index in [9.17, 15) is 18.0 Å². The first-order valence-corrected chi connectivity index (χ1v) is 15.9. The second-order valence-electron chi connectivity index (χ2n) is 9.62. The highest BCUT2D eigenvalue weighted by Gasteiger charge is 2.33. The Labute approximate surface area is 243 Å². The fourth-order valence-corrected chi connectivity index (χ4v) is 7.54. The lowest BCUT2D eigenvalue weighted by Gasteiger charge is -2.24. The van der Waals surface area contributed by atoms with Crippen molar-refractivity contribution in [2.45, 2.75) is 29.7 Å². The SMILES string of the molecule is O=C(NCCOc1ccc(S(=O)(=O)N2CCCC2)cc1)c1ccc([C@@H]2SCC(=O)N2Cc2ccc(Cl)cc2)cc1. The van der Waals surface area contributed by atoms with Gasteiger partial charge in [0.25, 0.3) is 5.91 Å². The van der Waals surface area contributed by atoms with Crippen LogP contribution in [0.3, 0.4) is 0 Å². The molecule has 40 heavy (non-hydrogen) atoms. The Morgan fingerprint density at radius 2 is 1.65 bits per heavy atom. The second kappa shape index (κ2) is 12.6. The molecule has 210 valence electrons. The molecule has 3 aromatic carbocycles. The summed E-state index contributed by atoms with van der Waals surface area (Å²) in [6.07, 6.45) is 1.78. The van der Waals surface area contributed by atoms with Gasteiger partial charge in [-0.3, -0.25) is 9.59 Å². The van der Waals surface area contributed by atoms with E-state index in [1.807, 2.05) is 41.3 Å². The summed E-state index contributed by atoms with van der Waals surface area (Å²) in [6.45, 7) is 2.14. The molecule has 0 aromatic heterocycles. The van der Waals surface area contributed by atoms with Crippen LogP contribution in [0.15, 0.2) is 77.7 Å². The normalized spacial score (nSPS) is 17.8. The van der Waals surface area contributed by atoms with Gasteiger partial charge in [0, 0.05) is 30.2 Å². The summed E-state index contributed by atoms with van der Waals surface area (Å²) in [4.78, 5) is 27.3. The highest BCUT2D eigenvalue weighted by molar-refractivity contribution is 8.00. The van der Waals surface area contributed by atoms with Crippen molar-refractivity contribution in [3.05, 3.63) is 94.5 Å². The van der Waals surface area contributed by atoms with E-state index < -0.39 is 10.0 Å². The van der Waals surface area contributed by atoms with Crippen LogP contribution in [0.5, 0.6) is 5.75 Å². The summed E-state index contributed by atoms with van der Waals surface area (Å²) in [5.41, 5.74) is 2.48. The molecule has 2 fully saturated rings. The maximum absolute atomic E-state index is 12.6. The van der Waals surface area contributed by atoms with Crippen molar-refractivity contribution in [1.82, 2.24) is 14.5 Å². The number of amides is 2. The minimum Gasteiger partial charge on any atom is -0.492 e. The molecule has 8 nitrogen and oxygen atoms in total. The third kappa shape index (κ3) is 6.63. The monoisotopic (exact) mass is 599 g/mol. The van der Waals surface area contributed by atoms with Crippen molar-refractivity contribution in [1.29, 1.82) is 0 Å². The largest absolute Gasteiger partial charge is 0.492 e. The van der Waals surface area contributed by atoms with Crippen LogP contribution in [0.1, 0.15) is 39.7 Å². The van der Waals surface area contributed by atoms with Crippen molar-refractivity contribution in [2.75, 3.05) is 32.0 Å². The molecule has 0 spiro atoms. The molecule has 1 N–H and O–H groups in total. The predicted molar refractivity (Wildman–Crippen MR) is 156 cm³/mol. The van der Waals surface area contributed by atoms with E-state index in [0.29, 0.717) is 41.7 Å². The number of benzene rings is 3. The number of sulfonamides is 1. The number of carbonyl (C=O) groups excluding carboxylic acids is 2. The van der Waals surface area contributed by atoms with Crippen LogP contribution < -0.4 is 10.1 Å². The standard InChI is InChI=1S/C29H30ClN3O5S2/c30-24-9-3-21(4-10-24)19-33-27(34)20-39-29(33)23-7-5-22(6-8-23)28(35)31-15-18-38-25-11-13-26(14-12-25)40(36,37)32-16-1-2-17-32/h3-14,29H,1-2,15-20H2,(H,31,35)/t29-/m0/s1. The van der Waals surface area contributed by atoms with E-state index in [1.165, 1.54) is 4.31 Å². The predicted octanol–water partition coefficient (Wildman–Crippen LogP) is 4.71. The molecule has 5 rings (SSSR count). The topological polar surface area (TPSA) is 96.0 Å². The van der Waals surface area contributed by atoms with Crippen molar-refractivity contribution in [2.24, 2.45) is 0 Å². The van der Waals surface area contributed by atoms with E-state index in [4.69, 9.17) is 16.3 Å². The van der Waals surface area contributed by atoms with Gasteiger partial charge in [0.05, 0.1) is 17.2 Å². The maximum Gasteiger partial charge on any atom is 0.251 e. The fraction of sp³-hybridized carbons (Fsp3) is 0.310. The average molecular weight is 600 g/mol. The van der Waals surface area contributed by atoms with Gasteiger partial charge >= 0.3 is 0 Å². The van der Waals surface area contributed by atoms with Gasteiger partial charge in [0.2, 0.25) is 15.9 Å². The molecule has 2 amide bonds. The first-order chi connectivity index (χ1) is 19.3. The number of halogens is 1. The van der Waals surface area contributed by atoms with Crippen LogP contribution in [0.2, 0.25) is 5.02 Å². The Hall–Kier alpha value is -3.05. The van der Waals surface area contributed by atoms with Gasteiger partial charge in [-0.25, -0.2) is 8.42 Å². The number of hydrogen-bond donors (Lipinski definition) is 1.